The normalized spacial score (nSPS) is 28.0. The Hall–Kier alpha value is -2.29. The summed E-state index contributed by atoms with van der Waals surface area (Å²) >= 11 is 0. The molecule has 3 fully saturated rings. The highest BCUT2D eigenvalue weighted by atomic mass is 16.2. The molecule has 3 saturated heterocycles. The van der Waals surface area contributed by atoms with E-state index < -0.39 is 6.04 Å². The van der Waals surface area contributed by atoms with Gasteiger partial charge in [0.25, 0.3) is 5.91 Å². The number of hydrogen-bond acceptors (Lipinski definition) is 6. The number of benzene rings is 1. The summed E-state index contributed by atoms with van der Waals surface area (Å²) in [5.74, 6) is -0.711. The van der Waals surface area contributed by atoms with E-state index in [1.807, 2.05) is 12.1 Å². The molecule has 3 amide bonds. The van der Waals surface area contributed by atoms with Gasteiger partial charge in [-0.2, -0.15) is 0 Å². The molecule has 0 bridgehead atoms. The molecule has 2 N–H and O–H groups in total. The minimum absolute atomic E-state index is 0.0963. The number of carbonyl (C=O) groups is 3. The number of fused-ring (bicyclic) bond motifs is 1. The summed E-state index contributed by atoms with van der Waals surface area (Å²) < 4.78 is 0. The van der Waals surface area contributed by atoms with Crippen LogP contribution in [0.1, 0.15) is 47.2 Å². The van der Waals surface area contributed by atoms with E-state index in [4.69, 9.17) is 0 Å². The van der Waals surface area contributed by atoms with E-state index in [0.29, 0.717) is 24.6 Å². The molecule has 1 aromatic rings. The Bertz CT molecular complexity index is 874. The smallest absolute Gasteiger partial charge is 0.255 e. The highest BCUT2D eigenvalue weighted by Crippen LogP contribution is 2.28. The highest BCUT2D eigenvalue weighted by Gasteiger charge is 2.39. The van der Waals surface area contributed by atoms with Gasteiger partial charge in [-0.1, -0.05) is 12.1 Å². The monoisotopic (exact) mass is 425 g/mol. The van der Waals surface area contributed by atoms with E-state index in [9.17, 15) is 14.4 Å². The average molecular weight is 426 g/mol. The van der Waals surface area contributed by atoms with Gasteiger partial charge in [0, 0.05) is 63.8 Å². The first-order chi connectivity index (χ1) is 15.1. The molecule has 31 heavy (non-hydrogen) atoms. The molecule has 4 heterocycles. The lowest BCUT2D eigenvalue weighted by Gasteiger charge is -2.41. The minimum atomic E-state index is -0.552. The molecule has 2 unspecified atom stereocenters. The van der Waals surface area contributed by atoms with Crippen molar-refractivity contribution < 1.29 is 14.4 Å². The zero-order valence-corrected chi connectivity index (χ0v) is 17.9. The van der Waals surface area contributed by atoms with Crippen LogP contribution in [0.4, 0.5) is 0 Å². The van der Waals surface area contributed by atoms with E-state index in [0.717, 1.165) is 56.9 Å². The first-order valence-electron chi connectivity index (χ1n) is 11.5. The van der Waals surface area contributed by atoms with Crippen LogP contribution in [0.25, 0.3) is 0 Å². The van der Waals surface area contributed by atoms with Crippen molar-refractivity contribution in [2.45, 2.75) is 50.9 Å². The van der Waals surface area contributed by atoms with E-state index in [2.05, 4.69) is 26.5 Å². The number of piperazine rings is 1. The number of carbonyl (C=O) groups excluding carboxylic acids is 3. The zero-order valence-electron chi connectivity index (χ0n) is 17.9. The molecule has 2 atom stereocenters. The summed E-state index contributed by atoms with van der Waals surface area (Å²) in [7, 11) is 0. The highest BCUT2D eigenvalue weighted by molar-refractivity contribution is 6.05. The van der Waals surface area contributed by atoms with Crippen LogP contribution in [0.2, 0.25) is 0 Å². The number of piperidine rings is 2. The molecule has 4 aliphatic heterocycles. The molecule has 4 aliphatic rings. The second kappa shape index (κ2) is 8.68. The van der Waals surface area contributed by atoms with Crippen molar-refractivity contribution in [1.82, 2.24) is 25.3 Å². The Labute approximate surface area is 182 Å². The third-order valence-electron chi connectivity index (χ3n) is 7.19. The fraction of sp³-hybridized carbons (Fsp3) is 0.609. The predicted octanol–water partition coefficient (Wildman–Crippen LogP) is 0.317. The van der Waals surface area contributed by atoms with Gasteiger partial charge in [-0.25, -0.2) is 0 Å². The third kappa shape index (κ3) is 4.24. The van der Waals surface area contributed by atoms with Crippen molar-refractivity contribution in [3.63, 3.8) is 0 Å². The Morgan fingerprint density at radius 1 is 1.03 bits per heavy atom. The van der Waals surface area contributed by atoms with E-state index in [1.54, 1.807) is 4.90 Å². The van der Waals surface area contributed by atoms with Crippen LogP contribution in [0.5, 0.6) is 0 Å². The molecule has 0 aliphatic carbocycles. The summed E-state index contributed by atoms with van der Waals surface area (Å²) in [6.45, 7) is 7.82. The van der Waals surface area contributed by atoms with Crippen molar-refractivity contribution in [3.05, 3.63) is 34.9 Å². The molecule has 166 valence electrons. The predicted molar refractivity (Wildman–Crippen MR) is 115 cm³/mol. The van der Waals surface area contributed by atoms with Gasteiger partial charge in [-0.05, 0) is 43.0 Å². The van der Waals surface area contributed by atoms with Gasteiger partial charge >= 0.3 is 0 Å². The number of nitrogens with one attached hydrogen (secondary N) is 2. The van der Waals surface area contributed by atoms with Gasteiger partial charge in [0.05, 0.1) is 0 Å². The van der Waals surface area contributed by atoms with Gasteiger partial charge < -0.3 is 10.2 Å². The lowest BCUT2D eigenvalue weighted by molar-refractivity contribution is -0.136. The van der Waals surface area contributed by atoms with Crippen molar-refractivity contribution in [2.75, 3.05) is 39.3 Å². The maximum absolute atomic E-state index is 13.0. The number of rotatable bonds is 4. The van der Waals surface area contributed by atoms with Gasteiger partial charge in [-0.3, -0.25) is 29.5 Å². The van der Waals surface area contributed by atoms with Crippen LogP contribution in [-0.4, -0.2) is 83.8 Å². The quantitative estimate of drug-likeness (QED) is 0.676. The lowest BCUT2D eigenvalue weighted by atomic mass is 10.0. The summed E-state index contributed by atoms with van der Waals surface area (Å²) in [4.78, 5) is 43.4. The van der Waals surface area contributed by atoms with Crippen LogP contribution < -0.4 is 10.6 Å². The topological polar surface area (TPSA) is 85.0 Å². The summed E-state index contributed by atoms with van der Waals surface area (Å²) in [6.07, 6.45) is 3.25. The summed E-state index contributed by atoms with van der Waals surface area (Å²) in [6, 6.07) is 6.26. The number of amides is 3. The SMILES string of the molecule is O=C1CCC(N2Cc3ccc(CN4CCN(C5CCCNC5)CC4)cc3C2=O)C(=O)N1. The van der Waals surface area contributed by atoms with Crippen molar-refractivity contribution in [3.8, 4) is 0 Å². The molecule has 1 aromatic carbocycles. The third-order valence-corrected chi connectivity index (χ3v) is 7.19. The number of imide groups is 1. The molecule has 0 saturated carbocycles. The van der Waals surface area contributed by atoms with Gasteiger partial charge in [0.15, 0.2) is 0 Å². The Morgan fingerprint density at radius 2 is 1.87 bits per heavy atom. The van der Waals surface area contributed by atoms with Crippen molar-refractivity contribution in [2.24, 2.45) is 0 Å². The van der Waals surface area contributed by atoms with Crippen molar-refractivity contribution in [1.29, 1.82) is 0 Å². The number of hydrogen-bond donors (Lipinski definition) is 2. The molecule has 8 nitrogen and oxygen atoms in total. The van der Waals surface area contributed by atoms with Crippen molar-refractivity contribution >= 4 is 17.7 Å². The fourth-order valence-corrected chi connectivity index (χ4v) is 5.39. The molecule has 0 aromatic heterocycles. The van der Waals surface area contributed by atoms with Gasteiger partial charge in [0.2, 0.25) is 11.8 Å². The standard InChI is InChI=1S/C23H31N5O3/c29-21-6-5-20(22(30)25-21)28-15-17-4-3-16(12-19(17)23(28)31)14-26-8-10-27(11-9-26)18-2-1-7-24-13-18/h3-4,12,18,20,24H,1-2,5-11,13-15H2,(H,25,29,30). The fourth-order valence-electron chi connectivity index (χ4n) is 5.39. The van der Waals surface area contributed by atoms with E-state index in [1.165, 1.54) is 12.8 Å². The van der Waals surface area contributed by atoms with Crippen LogP contribution in [-0.2, 0) is 22.7 Å². The first kappa shape index (κ1) is 20.6. The Morgan fingerprint density at radius 3 is 2.61 bits per heavy atom. The molecule has 5 rings (SSSR count). The van der Waals surface area contributed by atoms with E-state index in [-0.39, 0.29) is 24.1 Å². The second-order valence-electron chi connectivity index (χ2n) is 9.20. The van der Waals surface area contributed by atoms with Gasteiger partial charge in [-0.15, -0.1) is 0 Å². The Kier molecular flexibility index (Phi) is 5.77. The average Bonchev–Trinajstić information content (AvgIpc) is 3.11. The first-order valence-corrected chi connectivity index (χ1v) is 11.5. The molecule has 0 spiro atoms. The van der Waals surface area contributed by atoms with Gasteiger partial charge in [0.1, 0.15) is 6.04 Å². The van der Waals surface area contributed by atoms with Crippen LogP contribution in [0.15, 0.2) is 18.2 Å². The molecular weight excluding hydrogens is 394 g/mol. The maximum Gasteiger partial charge on any atom is 0.255 e. The molecule has 0 radical (unpaired) electrons. The van der Waals surface area contributed by atoms with Crippen LogP contribution in [0, 0.1) is 0 Å². The maximum atomic E-state index is 13.0. The summed E-state index contributed by atoms with van der Waals surface area (Å²) in [5, 5.41) is 5.87. The molecule has 8 heteroatoms. The Balaban J connectivity index is 1.19. The van der Waals surface area contributed by atoms with E-state index >= 15 is 0 Å². The minimum Gasteiger partial charge on any atom is -0.322 e. The number of nitrogens with zero attached hydrogens (tertiary/aromatic N) is 3. The largest absolute Gasteiger partial charge is 0.322 e. The zero-order chi connectivity index (χ0) is 21.4. The molecular formula is C23H31N5O3. The summed E-state index contributed by atoms with van der Waals surface area (Å²) in [5.41, 5.74) is 2.81. The van der Waals surface area contributed by atoms with Crippen LogP contribution >= 0.6 is 0 Å². The second-order valence-corrected chi connectivity index (χ2v) is 9.20. The lowest BCUT2D eigenvalue weighted by Crippen LogP contribution is -2.54. The van der Waals surface area contributed by atoms with Crippen LogP contribution in [0.3, 0.4) is 0 Å².